The zero-order chi connectivity index (χ0) is 17.5. The van der Waals surface area contributed by atoms with Crippen molar-refractivity contribution in [2.75, 3.05) is 12.9 Å². The minimum Gasteiger partial charge on any atom is -0.497 e. The van der Waals surface area contributed by atoms with E-state index in [2.05, 4.69) is 20.5 Å². The Kier molecular flexibility index (Phi) is 5.69. The van der Waals surface area contributed by atoms with Crippen molar-refractivity contribution in [1.29, 1.82) is 0 Å². The van der Waals surface area contributed by atoms with Crippen LogP contribution < -0.4 is 10.1 Å². The van der Waals surface area contributed by atoms with Crippen LogP contribution >= 0.6 is 11.8 Å². The van der Waals surface area contributed by atoms with Crippen LogP contribution in [-0.2, 0) is 11.3 Å². The Labute approximate surface area is 150 Å². The maximum Gasteiger partial charge on any atom is 0.230 e. The fraction of sp³-hybridized carbons (Fsp3) is 0.167. The number of amides is 1. The zero-order valence-corrected chi connectivity index (χ0v) is 14.5. The molecule has 0 atom stereocenters. The van der Waals surface area contributed by atoms with Crippen LogP contribution in [0.25, 0.3) is 11.4 Å². The minimum absolute atomic E-state index is 0.0705. The molecule has 1 amide bonds. The Morgan fingerprint density at radius 3 is 2.84 bits per heavy atom. The number of H-pyrrole nitrogens is 1. The minimum atomic E-state index is -0.0705. The van der Waals surface area contributed by atoms with Crippen molar-refractivity contribution in [3.8, 4) is 17.1 Å². The Balaban J connectivity index is 1.48. The highest BCUT2D eigenvalue weighted by molar-refractivity contribution is 7.99. The molecule has 3 aromatic rings. The van der Waals surface area contributed by atoms with E-state index in [4.69, 9.17) is 4.74 Å². The number of ether oxygens (including phenoxy) is 1. The summed E-state index contributed by atoms with van der Waals surface area (Å²) in [5.74, 6) is 1.66. The first-order chi connectivity index (χ1) is 12.2. The Morgan fingerprint density at radius 2 is 2.04 bits per heavy atom. The molecule has 0 aliphatic heterocycles. The van der Waals surface area contributed by atoms with Gasteiger partial charge in [-0.05, 0) is 17.7 Å². The van der Waals surface area contributed by atoms with Gasteiger partial charge in [0.05, 0.1) is 12.9 Å². The molecule has 0 bridgehead atoms. The first-order valence-corrected chi connectivity index (χ1v) is 8.73. The third-order valence-corrected chi connectivity index (χ3v) is 4.32. The van der Waals surface area contributed by atoms with Crippen molar-refractivity contribution >= 4 is 17.7 Å². The summed E-state index contributed by atoms with van der Waals surface area (Å²) < 4.78 is 5.17. The second kappa shape index (κ2) is 8.34. The predicted molar refractivity (Wildman–Crippen MR) is 97.4 cm³/mol. The number of carbonyl (C=O) groups is 1. The molecule has 1 heterocycles. The van der Waals surface area contributed by atoms with Gasteiger partial charge in [-0.1, -0.05) is 54.2 Å². The van der Waals surface area contributed by atoms with Crippen LogP contribution in [0.1, 0.15) is 5.56 Å². The van der Waals surface area contributed by atoms with E-state index in [0.717, 1.165) is 16.9 Å². The third-order valence-electron chi connectivity index (χ3n) is 3.47. The molecular weight excluding hydrogens is 336 g/mol. The SMILES string of the molecule is COc1cccc(CNC(=O)CSc2n[nH]c(-c3ccccc3)n2)c1. The van der Waals surface area contributed by atoms with Crippen LogP contribution in [0.4, 0.5) is 0 Å². The van der Waals surface area contributed by atoms with Crippen molar-refractivity contribution in [1.82, 2.24) is 20.5 Å². The van der Waals surface area contributed by atoms with Crippen LogP contribution in [-0.4, -0.2) is 34.0 Å². The van der Waals surface area contributed by atoms with E-state index in [0.29, 0.717) is 17.5 Å². The summed E-state index contributed by atoms with van der Waals surface area (Å²) in [5.41, 5.74) is 1.95. The molecule has 25 heavy (non-hydrogen) atoms. The van der Waals surface area contributed by atoms with Crippen molar-refractivity contribution in [3.63, 3.8) is 0 Å². The molecule has 0 saturated carbocycles. The van der Waals surface area contributed by atoms with E-state index < -0.39 is 0 Å². The number of methoxy groups -OCH3 is 1. The number of nitrogens with one attached hydrogen (secondary N) is 2. The fourth-order valence-electron chi connectivity index (χ4n) is 2.20. The number of benzene rings is 2. The lowest BCUT2D eigenvalue weighted by Crippen LogP contribution is -2.24. The van der Waals surface area contributed by atoms with Gasteiger partial charge in [0.2, 0.25) is 11.1 Å². The number of carbonyl (C=O) groups excluding carboxylic acids is 1. The lowest BCUT2D eigenvalue weighted by atomic mass is 10.2. The fourth-order valence-corrected chi connectivity index (χ4v) is 2.83. The molecule has 0 aliphatic rings. The molecule has 2 aromatic carbocycles. The van der Waals surface area contributed by atoms with Gasteiger partial charge < -0.3 is 10.1 Å². The summed E-state index contributed by atoms with van der Waals surface area (Å²) in [7, 11) is 1.62. The summed E-state index contributed by atoms with van der Waals surface area (Å²) in [5, 5.41) is 10.5. The summed E-state index contributed by atoms with van der Waals surface area (Å²) in [6.07, 6.45) is 0. The molecular formula is C18H18N4O2S. The normalized spacial score (nSPS) is 10.4. The Hall–Kier alpha value is -2.80. The smallest absolute Gasteiger partial charge is 0.230 e. The van der Waals surface area contributed by atoms with E-state index in [1.54, 1.807) is 7.11 Å². The van der Waals surface area contributed by atoms with Crippen molar-refractivity contribution in [2.24, 2.45) is 0 Å². The second-order valence-electron chi connectivity index (χ2n) is 5.25. The molecule has 128 valence electrons. The first-order valence-electron chi connectivity index (χ1n) is 7.75. The highest BCUT2D eigenvalue weighted by Crippen LogP contribution is 2.18. The number of thioether (sulfide) groups is 1. The summed E-state index contributed by atoms with van der Waals surface area (Å²) >= 11 is 1.30. The molecule has 0 aliphatic carbocycles. The largest absolute Gasteiger partial charge is 0.497 e. The van der Waals surface area contributed by atoms with Gasteiger partial charge in [0.25, 0.3) is 0 Å². The van der Waals surface area contributed by atoms with E-state index in [1.165, 1.54) is 11.8 Å². The molecule has 1 aromatic heterocycles. The lowest BCUT2D eigenvalue weighted by Gasteiger charge is -2.06. The molecule has 0 spiro atoms. The Bertz CT molecular complexity index is 836. The van der Waals surface area contributed by atoms with Gasteiger partial charge in [-0.25, -0.2) is 4.98 Å². The summed E-state index contributed by atoms with van der Waals surface area (Å²) in [6.45, 7) is 0.458. The molecule has 7 heteroatoms. The quantitative estimate of drug-likeness (QED) is 0.638. The van der Waals surface area contributed by atoms with E-state index in [9.17, 15) is 4.79 Å². The highest BCUT2D eigenvalue weighted by Gasteiger charge is 2.09. The van der Waals surface area contributed by atoms with Crippen molar-refractivity contribution in [2.45, 2.75) is 11.7 Å². The number of aromatic nitrogens is 3. The van der Waals surface area contributed by atoms with Crippen LogP contribution in [0, 0.1) is 0 Å². The maximum atomic E-state index is 12.0. The summed E-state index contributed by atoms with van der Waals surface area (Å²) in [4.78, 5) is 16.4. The molecule has 0 fully saturated rings. The third kappa shape index (κ3) is 4.84. The van der Waals surface area contributed by atoms with Gasteiger partial charge in [-0.15, -0.1) is 5.10 Å². The van der Waals surface area contributed by atoms with Crippen molar-refractivity contribution < 1.29 is 9.53 Å². The monoisotopic (exact) mass is 354 g/mol. The van der Waals surface area contributed by atoms with Crippen molar-refractivity contribution in [3.05, 3.63) is 60.2 Å². The number of hydrogen-bond acceptors (Lipinski definition) is 5. The zero-order valence-electron chi connectivity index (χ0n) is 13.7. The lowest BCUT2D eigenvalue weighted by molar-refractivity contribution is -0.118. The predicted octanol–water partition coefficient (Wildman–Crippen LogP) is 2.89. The standard InChI is InChI=1S/C18H18N4O2S/c1-24-15-9-5-6-13(10-15)11-19-16(23)12-25-18-20-17(21-22-18)14-7-3-2-4-8-14/h2-10H,11-12H2,1H3,(H,19,23)(H,20,21,22). The van der Waals surface area contributed by atoms with Gasteiger partial charge >= 0.3 is 0 Å². The number of aromatic amines is 1. The molecule has 2 N–H and O–H groups in total. The topological polar surface area (TPSA) is 79.9 Å². The maximum absolute atomic E-state index is 12.0. The Morgan fingerprint density at radius 1 is 1.20 bits per heavy atom. The van der Waals surface area contributed by atoms with E-state index in [1.807, 2.05) is 54.6 Å². The van der Waals surface area contributed by atoms with Gasteiger partial charge in [-0.3, -0.25) is 9.89 Å². The van der Waals surface area contributed by atoms with E-state index in [-0.39, 0.29) is 11.7 Å². The average molecular weight is 354 g/mol. The summed E-state index contributed by atoms with van der Waals surface area (Å²) in [6, 6.07) is 17.3. The van der Waals surface area contributed by atoms with Gasteiger partial charge in [0, 0.05) is 12.1 Å². The van der Waals surface area contributed by atoms with Crippen LogP contribution in [0.3, 0.4) is 0 Å². The molecule has 0 unspecified atom stereocenters. The first kappa shape index (κ1) is 17.0. The molecule has 0 saturated heterocycles. The van der Waals surface area contributed by atoms with Crippen LogP contribution in [0.15, 0.2) is 59.8 Å². The molecule has 0 radical (unpaired) electrons. The number of nitrogens with zero attached hydrogens (tertiary/aromatic N) is 2. The van der Waals surface area contributed by atoms with Gasteiger partial charge in [0.15, 0.2) is 5.82 Å². The van der Waals surface area contributed by atoms with Crippen LogP contribution in [0.2, 0.25) is 0 Å². The second-order valence-corrected chi connectivity index (χ2v) is 6.19. The van der Waals surface area contributed by atoms with Gasteiger partial charge in [-0.2, -0.15) is 0 Å². The number of rotatable bonds is 7. The number of hydrogen-bond donors (Lipinski definition) is 2. The molecule has 6 nitrogen and oxygen atoms in total. The molecule has 3 rings (SSSR count). The van der Waals surface area contributed by atoms with Crippen LogP contribution in [0.5, 0.6) is 5.75 Å². The highest BCUT2D eigenvalue weighted by atomic mass is 32.2. The van der Waals surface area contributed by atoms with E-state index >= 15 is 0 Å². The van der Waals surface area contributed by atoms with Gasteiger partial charge in [0.1, 0.15) is 5.75 Å². The average Bonchev–Trinajstić information content (AvgIpc) is 3.15.